The molecule has 1 nitrogen and oxygen atoms in total. The Bertz CT molecular complexity index is 76.0. The van der Waals surface area contributed by atoms with Crippen LogP contribution >= 0.6 is 11.8 Å². The van der Waals surface area contributed by atoms with Crippen molar-refractivity contribution in [3.63, 3.8) is 0 Å². The number of unbranched alkanes of at least 4 members (excludes halogenated alkanes) is 2. The smallest absolute Gasteiger partial charge is 0.0628 e. The van der Waals surface area contributed by atoms with Crippen LogP contribution in [0, 0.1) is 0 Å². The summed E-state index contributed by atoms with van der Waals surface area (Å²) in [4.78, 5) is 0. The van der Waals surface area contributed by atoms with Gasteiger partial charge in [-0.25, -0.2) is 0 Å². The summed E-state index contributed by atoms with van der Waals surface area (Å²) in [6, 6.07) is 0. The molecule has 0 rings (SSSR count). The van der Waals surface area contributed by atoms with E-state index in [1.807, 2.05) is 18.7 Å². The lowest BCUT2D eigenvalue weighted by Gasteiger charge is -2.05. The Kier molecular flexibility index (Phi) is 8.64. The first-order valence-corrected chi connectivity index (χ1v) is 5.72. The third-order valence-corrected chi connectivity index (χ3v) is 2.87. The Hall–Kier alpha value is 0.310. The number of aliphatic hydroxyl groups is 1. The van der Waals surface area contributed by atoms with Crippen LogP contribution in [0.5, 0.6) is 0 Å². The fourth-order valence-corrected chi connectivity index (χ4v) is 1.87. The van der Waals surface area contributed by atoms with E-state index in [4.69, 9.17) is 0 Å². The number of hydrogen-bond donors (Lipinski definition) is 1. The zero-order chi connectivity index (χ0) is 8.53. The molecule has 0 aromatic carbocycles. The van der Waals surface area contributed by atoms with E-state index in [-0.39, 0.29) is 6.10 Å². The van der Waals surface area contributed by atoms with Gasteiger partial charge in [-0.1, -0.05) is 26.7 Å². The molecule has 0 bridgehead atoms. The van der Waals surface area contributed by atoms with E-state index in [0.29, 0.717) is 0 Å². The van der Waals surface area contributed by atoms with E-state index in [2.05, 4.69) is 6.92 Å². The highest BCUT2D eigenvalue weighted by Gasteiger charge is 1.98. The molecule has 0 saturated carbocycles. The van der Waals surface area contributed by atoms with E-state index in [9.17, 15) is 5.11 Å². The second kappa shape index (κ2) is 8.41. The number of aliphatic hydroxyl groups excluding tert-OH is 1. The molecular weight excluding hydrogens is 156 g/mol. The fourth-order valence-electron chi connectivity index (χ4n) is 0.791. The lowest BCUT2D eigenvalue weighted by Crippen LogP contribution is -2.07. The average molecular weight is 176 g/mol. The first kappa shape index (κ1) is 11.3. The molecule has 1 atom stereocenters. The molecule has 0 amide bonds. The topological polar surface area (TPSA) is 20.2 Å². The Morgan fingerprint density at radius 2 is 2.00 bits per heavy atom. The Balaban J connectivity index is 2.89. The van der Waals surface area contributed by atoms with Crippen molar-refractivity contribution in [1.82, 2.24) is 0 Å². The minimum Gasteiger partial charge on any atom is -0.392 e. The van der Waals surface area contributed by atoms with Gasteiger partial charge in [-0.2, -0.15) is 11.8 Å². The summed E-state index contributed by atoms with van der Waals surface area (Å²) in [5.74, 6) is 2.13. The third-order valence-electron chi connectivity index (χ3n) is 1.67. The van der Waals surface area contributed by atoms with Crippen molar-refractivity contribution in [2.24, 2.45) is 0 Å². The van der Waals surface area contributed by atoms with Crippen molar-refractivity contribution < 1.29 is 5.11 Å². The predicted octanol–water partition coefficient (Wildman–Crippen LogP) is 2.68. The largest absolute Gasteiger partial charge is 0.392 e. The number of hydrogen-bond acceptors (Lipinski definition) is 2. The first-order chi connectivity index (χ1) is 5.31. The summed E-state index contributed by atoms with van der Waals surface area (Å²) in [6.07, 6.45) is 4.73. The zero-order valence-electron chi connectivity index (χ0n) is 7.68. The van der Waals surface area contributed by atoms with Gasteiger partial charge in [-0.15, -0.1) is 0 Å². The number of thioether (sulfide) groups is 1. The summed E-state index contributed by atoms with van der Waals surface area (Å²) in [5, 5.41) is 9.19. The highest BCUT2D eigenvalue weighted by molar-refractivity contribution is 7.99. The lowest BCUT2D eigenvalue weighted by atomic mass is 10.3. The van der Waals surface area contributed by atoms with E-state index in [1.54, 1.807) is 0 Å². The molecular formula is C9H20OS. The normalized spacial score (nSPS) is 13.4. The maximum Gasteiger partial charge on any atom is 0.0628 e. The molecule has 68 valence electrons. The van der Waals surface area contributed by atoms with Crippen LogP contribution in [0.15, 0.2) is 0 Å². The van der Waals surface area contributed by atoms with Crippen LogP contribution in [0.1, 0.15) is 39.5 Å². The quantitative estimate of drug-likeness (QED) is 0.602. The van der Waals surface area contributed by atoms with Crippen LogP contribution in [0.4, 0.5) is 0 Å². The number of rotatable bonds is 7. The minimum absolute atomic E-state index is 0.0818. The maximum atomic E-state index is 9.19. The van der Waals surface area contributed by atoms with Gasteiger partial charge in [0.2, 0.25) is 0 Å². The predicted molar refractivity (Wildman–Crippen MR) is 53.1 cm³/mol. The molecule has 0 fully saturated rings. The maximum absolute atomic E-state index is 9.19. The molecule has 2 heteroatoms. The summed E-state index contributed by atoms with van der Waals surface area (Å²) in [7, 11) is 0. The van der Waals surface area contributed by atoms with Crippen molar-refractivity contribution in [3.8, 4) is 0 Å². The van der Waals surface area contributed by atoms with Gasteiger partial charge in [0.15, 0.2) is 0 Å². The summed E-state index contributed by atoms with van der Waals surface area (Å²) in [6.45, 7) is 4.24. The molecule has 0 saturated heterocycles. The van der Waals surface area contributed by atoms with Gasteiger partial charge >= 0.3 is 0 Å². The molecule has 0 aliphatic rings. The Morgan fingerprint density at radius 1 is 1.27 bits per heavy atom. The summed E-state index contributed by atoms with van der Waals surface area (Å²) >= 11 is 1.88. The van der Waals surface area contributed by atoms with Gasteiger partial charge in [0, 0.05) is 5.75 Å². The molecule has 0 heterocycles. The highest BCUT2D eigenvalue weighted by atomic mass is 32.2. The molecule has 1 N–H and O–H groups in total. The van der Waals surface area contributed by atoms with Crippen molar-refractivity contribution in [3.05, 3.63) is 0 Å². The van der Waals surface area contributed by atoms with E-state index < -0.39 is 0 Å². The Labute approximate surface area is 74.6 Å². The highest BCUT2D eigenvalue weighted by Crippen LogP contribution is 2.08. The van der Waals surface area contributed by atoms with Crippen molar-refractivity contribution in [1.29, 1.82) is 0 Å². The second-order valence-electron chi connectivity index (χ2n) is 2.84. The van der Waals surface area contributed by atoms with Crippen LogP contribution in [0.3, 0.4) is 0 Å². The van der Waals surface area contributed by atoms with E-state index in [1.165, 1.54) is 25.0 Å². The van der Waals surface area contributed by atoms with Crippen LogP contribution in [-0.4, -0.2) is 22.7 Å². The molecule has 0 spiro atoms. The second-order valence-corrected chi connectivity index (χ2v) is 3.99. The lowest BCUT2D eigenvalue weighted by molar-refractivity contribution is 0.195. The first-order valence-electron chi connectivity index (χ1n) is 4.57. The van der Waals surface area contributed by atoms with E-state index >= 15 is 0 Å². The standard InChI is InChI=1S/C9H20OS/c1-3-5-6-7-11-8-9(10)4-2/h9-10H,3-8H2,1-2H3. The van der Waals surface area contributed by atoms with E-state index in [0.717, 1.165) is 12.2 Å². The third kappa shape index (κ3) is 8.21. The Morgan fingerprint density at radius 3 is 2.55 bits per heavy atom. The van der Waals surface area contributed by atoms with Crippen molar-refractivity contribution in [2.45, 2.75) is 45.6 Å². The summed E-state index contributed by atoms with van der Waals surface area (Å²) < 4.78 is 0. The molecule has 0 aliphatic carbocycles. The monoisotopic (exact) mass is 176 g/mol. The van der Waals surface area contributed by atoms with Gasteiger partial charge in [0.1, 0.15) is 0 Å². The molecule has 0 aliphatic heterocycles. The van der Waals surface area contributed by atoms with Crippen LogP contribution < -0.4 is 0 Å². The van der Waals surface area contributed by atoms with Crippen LogP contribution in [0.25, 0.3) is 0 Å². The molecule has 0 aromatic rings. The zero-order valence-corrected chi connectivity index (χ0v) is 8.49. The van der Waals surface area contributed by atoms with Crippen LogP contribution in [-0.2, 0) is 0 Å². The molecule has 1 unspecified atom stereocenters. The SMILES string of the molecule is CCCCCSCC(O)CC. The van der Waals surface area contributed by atoms with Gasteiger partial charge in [-0.05, 0) is 18.6 Å². The fraction of sp³-hybridized carbons (Fsp3) is 1.00. The van der Waals surface area contributed by atoms with Crippen molar-refractivity contribution >= 4 is 11.8 Å². The van der Waals surface area contributed by atoms with Gasteiger partial charge < -0.3 is 5.11 Å². The van der Waals surface area contributed by atoms with Gasteiger partial charge in [0.05, 0.1) is 6.10 Å². The molecule has 0 radical (unpaired) electrons. The molecule has 11 heavy (non-hydrogen) atoms. The van der Waals surface area contributed by atoms with Gasteiger partial charge in [0.25, 0.3) is 0 Å². The van der Waals surface area contributed by atoms with Crippen LogP contribution in [0.2, 0.25) is 0 Å². The average Bonchev–Trinajstić information content (AvgIpc) is 2.04. The van der Waals surface area contributed by atoms with Crippen molar-refractivity contribution in [2.75, 3.05) is 11.5 Å². The summed E-state index contributed by atoms with van der Waals surface area (Å²) in [5.41, 5.74) is 0. The molecule has 0 aromatic heterocycles. The van der Waals surface area contributed by atoms with Gasteiger partial charge in [-0.3, -0.25) is 0 Å². The minimum atomic E-state index is -0.0818.